The van der Waals surface area contributed by atoms with Crippen LogP contribution in [-0.4, -0.2) is 49.1 Å². The second-order valence-electron chi connectivity index (χ2n) is 6.56. The number of piperidine rings is 1. The van der Waals surface area contributed by atoms with Gasteiger partial charge in [-0.15, -0.1) is 0 Å². The van der Waals surface area contributed by atoms with Crippen LogP contribution in [-0.2, 0) is 6.54 Å². The third-order valence-electron chi connectivity index (χ3n) is 4.60. The molecular formula is C18H33N5O. The number of nitrogens with one attached hydrogen (secondary N) is 2. The van der Waals surface area contributed by atoms with Crippen molar-refractivity contribution in [3.05, 3.63) is 17.3 Å². The highest BCUT2D eigenvalue weighted by Gasteiger charge is 2.09. The number of likely N-dealkylation sites (tertiary alicyclic amines) is 1. The van der Waals surface area contributed by atoms with Crippen molar-refractivity contribution >= 4 is 5.96 Å². The largest absolute Gasteiger partial charge is 0.444 e. The van der Waals surface area contributed by atoms with Crippen molar-refractivity contribution in [1.29, 1.82) is 0 Å². The van der Waals surface area contributed by atoms with E-state index in [0.29, 0.717) is 12.4 Å². The molecule has 0 atom stereocenters. The zero-order valence-electron chi connectivity index (χ0n) is 15.5. The fourth-order valence-electron chi connectivity index (χ4n) is 3.02. The Morgan fingerprint density at radius 3 is 2.58 bits per heavy atom. The van der Waals surface area contributed by atoms with Gasteiger partial charge < -0.3 is 20.0 Å². The van der Waals surface area contributed by atoms with Crippen molar-refractivity contribution in [1.82, 2.24) is 20.5 Å². The molecule has 1 aromatic heterocycles. The van der Waals surface area contributed by atoms with Crippen molar-refractivity contribution in [2.24, 2.45) is 4.99 Å². The standard InChI is InChI=1S/C18H33N5O/c1-15-16(2)24-17(22-15)14-21-18(19-3)20-10-6-4-7-11-23-12-8-5-9-13-23/h4-14H2,1-3H3,(H2,19,20,21). The van der Waals surface area contributed by atoms with Gasteiger partial charge in [0.05, 0.1) is 12.2 Å². The number of rotatable bonds is 8. The Morgan fingerprint density at radius 2 is 1.92 bits per heavy atom. The van der Waals surface area contributed by atoms with Crippen molar-refractivity contribution in [2.75, 3.05) is 33.2 Å². The molecule has 24 heavy (non-hydrogen) atoms. The molecular weight excluding hydrogens is 302 g/mol. The van der Waals surface area contributed by atoms with Gasteiger partial charge in [-0.1, -0.05) is 12.8 Å². The fraction of sp³-hybridized carbons (Fsp3) is 0.778. The molecule has 0 aromatic carbocycles. The van der Waals surface area contributed by atoms with Crippen LogP contribution in [0.1, 0.15) is 55.9 Å². The van der Waals surface area contributed by atoms with Gasteiger partial charge in [-0.3, -0.25) is 4.99 Å². The number of hydrogen-bond donors (Lipinski definition) is 2. The van der Waals surface area contributed by atoms with Gasteiger partial charge in [0.2, 0.25) is 5.89 Å². The molecule has 1 fully saturated rings. The van der Waals surface area contributed by atoms with Crippen LogP contribution in [0.25, 0.3) is 0 Å². The summed E-state index contributed by atoms with van der Waals surface area (Å²) in [7, 11) is 1.79. The molecule has 1 saturated heterocycles. The lowest BCUT2D eigenvalue weighted by Crippen LogP contribution is -2.37. The number of oxazole rings is 1. The molecule has 2 heterocycles. The van der Waals surface area contributed by atoms with Gasteiger partial charge in [0.1, 0.15) is 5.76 Å². The summed E-state index contributed by atoms with van der Waals surface area (Å²) in [6, 6.07) is 0. The zero-order chi connectivity index (χ0) is 17.2. The first-order chi connectivity index (χ1) is 11.7. The van der Waals surface area contributed by atoms with Crippen LogP contribution in [0.2, 0.25) is 0 Å². The van der Waals surface area contributed by atoms with E-state index in [1.807, 2.05) is 13.8 Å². The summed E-state index contributed by atoms with van der Waals surface area (Å²) in [6.45, 7) is 9.26. The SMILES string of the molecule is CN=C(NCCCCCN1CCCCC1)NCc1nc(C)c(C)o1. The number of aromatic nitrogens is 1. The van der Waals surface area contributed by atoms with E-state index in [1.165, 1.54) is 58.2 Å². The predicted molar refractivity (Wildman–Crippen MR) is 98.3 cm³/mol. The van der Waals surface area contributed by atoms with Gasteiger partial charge in [0, 0.05) is 13.6 Å². The molecule has 1 aromatic rings. The van der Waals surface area contributed by atoms with Crippen LogP contribution in [0.15, 0.2) is 9.41 Å². The lowest BCUT2D eigenvalue weighted by Gasteiger charge is -2.26. The highest BCUT2D eigenvalue weighted by atomic mass is 16.4. The average molecular weight is 335 g/mol. The first kappa shape index (κ1) is 18.8. The zero-order valence-corrected chi connectivity index (χ0v) is 15.5. The van der Waals surface area contributed by atoms with Crippen LogP contribution in [0.4, 0.5) is 0 Å². The molecule has 6 heteroatoms. The number of guanidine groups is 1. The van der Waals surface area contributed by atoms with E-state index in [-0.39, 0.29) is 0 Å². The molecule has 0 bridgehead atoms. The van der Waals surface area contributed by atoms with E-state index in [2.05, 4.69) is 25.5 Å². The van der Waals surface area contributed by atoms with Gasteiger partial charge in [-0.25, -0.2) is 4.98 Å². The summed E-state index contributed by atoms with van der Waals surface area (Å²) in [6.07, 6.45) is 7.91. The first-order valence-electron chi connectivity index (χ1n) is 9.29. The second kappa shape index (κ2) is 10.3. The summed E-state index contributed by atoms with van der Waals surface area (Å²) >= 11 is 0. The highest BCUT2D eigenvalue weighted by Crippen LogP contribution is 2.10. The van der Waals surface area contributed by atoms with Crippen molar-refractivity contribution in [3.63, 3.8) is 0 Å². The van der Waals surface area contributed by atoms with Crippen LogP contribution in [0.3, 0.4) is 0 Å². The minimum absolute atomic E-state index is 0.559. The number of aliphatic imine (C=N–C) groups is 1. The third kappa shape index (κ3) is 6.51. The van der Waals surface area contributed by atoms with E-state index in [9.17, 15) is 0 Å². The maximum Gasteiger partial charge on any atom is 0.214 e. The summed E-state index contributed by atoms with van der Waals surface area (Å²) < 4.78 is 5.56. The Bertz CT molecular complexity index is 486. The van der Waals surface area contributed by atoms with E-state index < -0.39 is 0 Å². The van der Waals surface area contributed by atoms with Crippen molar-refractivity contribution < 1.29 is 4.42 Å². The van der Waals surface area contributed by atoms with E-state index in [1.54, 1.807) is 7.05 Å². The minimum Gasteiger partial charge on any atom is -0.444 e. The molecule has 0 spiro atoms. The summed E-state index contributed by atoms with van der Waals surface area (Å²) in [4.78, 5) is 11.2. The molecule has 0 amide bonds. The minimum atomic E-state index is 0.559. The van der Waals surface area contributed by atoms with E-state index in [0.717, 1.165) is 24.0 Å². The highest BCUT2D eigenvalue weighted by molar-refractivity contribution is 5.79. The first-order valence-corrected chi connectivity index (χ1v) is 9.29. The molecule has 6 nitrogen and oxygen atoms in total. The quantitative estimate of drug-likeness (QED) is 0.434. The van der Waals surface area contributed by atoms with Gasteiger partial charge in [-0.05, 0) is 59.2 Å². The molecule has 1 aliphatic heterocycles. The molecule has 2 N–H and O–H groups in total. The molecule has 0 radical (unpaired) electrons. The molecule has 2 rings (SSSR count). The Balaban J connectivity index is 1.53. The topological polar surface area (TPSA) is 65.7 Å². The van der Waals surface area contributed by atoms with Crippen LogP contribution in [0.5, 0.6) is 0 Å². The van der Waals surface area contributed by atoms with Crippen molar-refractivity contribution in [2.45, 2.75) is 58.9 Å². The molecule has 0 aliphatic carbocycles. The molecule has 136 valence electrons. The maximum absolute atomic E-state index is 5.56. The lowest BCUT2D eigenvalue weighted by atomic mass is 10.1. The van der Waals surface area contributed by atoms with E-state index in [4.69, 9.17) is 4.42 Å². The Hall–Kier alpha value is -1.56. The monoisotopic (exact) mass is 335 g/mol. The summed E-state index contributed by atoms with van der Waals surface area (Å²) in [5.41, 5.74) is 0.948. The Morgan fingerprint density at radius 1 is 1.12 bits per heavy atom. The number of hydrogen-bond acceptors (Lipinski definition) is 4. The summed E-state index contributed by atoms with van der Waals surface area (Å²) in [5, 5.41) is 6.60. The smallest absolute Gasteiger partial charge is 0.214 e. The second-order valence-corrected chi connectivity index (χ2v) is 6.56. The Kier molecular flexibility index (Phi) is 8.08. The average Bonchev–Trinajstić information content (AvgIpc) is 2.92. The van der Waals surface area contributed by atoms with Gasteiger partial charge in [0.15, 0.2) is 5.96 Å². The molecule has 0 unspecified atom stereocenters. The number of unbranched alkanes of at least 4 members (excludes halogenated alkanes) is 2. The van der Waals surface area contributed by atoms with Gasteiger partial charge in [0.25, 0.3) is 0 Å². The number of aryl methyl sites for hydroxylation is 2. The maximum atomic E-state index is 5.56. The summed E-state index contributed by atoms with van der Waals surface area (Å²) in [5.74, 6) is 2.39. The van der Waals surface area contributed by atoms with Crippen LogP contribution < -0.4 is 10.6 Å². The van der Waals surface area contributed by atoms with Crippen LogP contribution in [0, 0.1) is 13.8 Å². The van der Waals surface area contributed by atoms with E-state index >= 15 is 0 Å². The predicted octanol–water partition coefficient (Wildman–Crippen LogP) is 2.61. The molecule has 1 aliphatic rings. The molecule has 0 saturated carbocycles. The Labute approximate surface area is 146 Å². The van der Waals surface area contributed by atoms with Gasteiger partial charge in [-0.2, -0.15) is 0 Å². The number of nitrogens with zero attached hydrogens (tertiary/aromatic N) is 3. The van der Waals surface area contributed by atoms with Gasteiger partial charge >= 0.3 is 0 Å². The fourth-order valence-corrected chi connectivity index (χ4v) is 3.02. The van der Waals surface area contributed by atoms with Crippen LogP contribution >= 0.6 is 0 Å². The third-order valence-corrected chi connectivity index (χ3v) is 4.60. The normalized spacial score (nSPS) is 16.4. The van der Waals surface area contributed by atoms with Crippen molar-refractivity contribution in [3.8, 4) is 0 Å². The lowest BCUT2D eigenvalue weighted by molar-refractivity contribution is 0.224.